The van der Waals surface area contributed by atoms with Crippen LogP contribution in [-0.4, -0.2) is 46.0 Å². The molecule has 0 amide bonds. The van der Waals surface area contributed by atoms with Crippen LogP contribution < -0.4 is 0 Å². The first-order chi connectivity index (χ1) is 7.52. The molecule has 4 heteroatoms. The SMILES string of the molecule is CCO[SiH](CCN(C(C)C)C(C)C)OCC. The van der Waals surface area contributed by atoms with Crippen molar-refractivity contribution < 1.29 is 8.85 Å². The van der Waals surface area contributed by atoms with Crippen LogP contribution in [0.1, 0.15) is 41.5 Å². The average molecular weight is 247 g/mol. The van der Waals surface area contributed by atoms with Gasteiger partial charge in [-0.3, -0.25) is 4.90 Å². The molecule has 0 unspecified atom stereocenters. The molecule has 0 bridgehead atoms. The van der Waals surface area contributed by atoms with Crippen LogP contribution in [0.25, 0.3) is 0 Å². The molecule has 98 valence electrons. The normalized spacial score (nSPS) is 12.4. The molecule has 0 aromatic heterocycles. The summed E-state index contributed by atoms with van der Waals surface area (Å²) in [5.74, 6) is 0. The van der Waals surface area contributed by atoms with Crippen LogP contribution in [0.4, 0.5) is 0 Å². The fraction of sp³-hybridized carbons (Fsp3) is 1.00. The van der Waals surface area contributed by atoms with Crippen molar-refractivity contribution in [2.45, 2.75) is 59.7 Å². The molecule has 0 aliphatic heterocycles. The van der Waals surface area contributed by atoms with Gasteiger partial charge in [-0.25, -0.2) is 0 Å². The molecule has 16 heavy (non-hydrogen) atoms. The van der Waals surface area contributed by atoms with Gasteiger partial charge in [0.25, 0.3) is 0 Å². The molecular formula is C12H29NO2Si. The number of rotatable bonds is 9. The highest BCUT2D eigenvalue weighted by molar-refractivity contribution is 6.44. The minimum atomic E-state index is -1.41. The van der Waals surface area contributed by atoms with E-state index < -0.39 is 9.28 Å². The van der Waals surface area contributed by atoms with E-state index in [0.717, 1.165) is 25.8 Å². The lowest BCUT2D eigenvalue weighted by molar-refractivity contribution is 0.168. The quantitative estimate of drug-likeness (QED) is 0.584. The van der Waals surface area contributed by atoms with E-state index in [2.05, 4.69) is 32.6 Å². The Hall–Kier alpha value is 0.0969. The minimum Gasteiger partial charge on any atom is -0.397 e. The monoisotopic (exact) mass is 247 g/mol. The van der Waals surface area contributed by atoms with Gasteiger partial charge in [-0.05, 0) is 41.5 Å². The first-order valence-corrected chi connectivity index (χ1v) is 8.27. The van der Waals surface area contributed by atoms with Crippen molar-refractivity contribution in [2.24, 2.45) is 0 Å². The summed E-state index contributed by atoms with van der Waals surface area (Å²) in [4.78, 5) is 2.50. The molecule has 0 N–H and O–H groups in total. The molecule has 0 heterocycles. The Labute approximate surface area is 103 Å². The van der Waals surface area contributed by atoms with Gasteiger partial charge in [0, 0.05) is 37.9 Å². The van der Waals surface area contributed by atoms with Crippen LogP contribution in [0.5, 0.6) is 0 Å². The molecule has 0 spiro atoms. The lowest BCUT2D eigenvalue weighted by atomic mass is 10.2. The highest BCUT2D eigenvalue weighted by atomic mass is 28.3. The summed E-state index contributed by atoms with van der Waals surface area (Å²) < 4.78 is 11.4. The van der Waals surface area contributed by atoms with E-state index in [1.807, 2.05) is 13.8 Å². The van der Waals surface area contributed by atoms with E-state index in [1.54, 1.807) is 0 Å². The average Bonchev–Trinajstić information content (AvgIpc) is 2.17. The topological polar surface area (TPSA) is 21.7 Å². The maximum atomic E-state index is 5.68. The van der Waals surface area contributed by atoms with Crippen molar-refractivity contribution in [3.05, 3.63) is 0 Å². The third kappa shape index (κ3) is 6.63. The van der Waals surface area contributed by atoms with Crippen LogP contribution >= 0.6 is 0 Å². The van der Waals surface area contributed by atoms with Gasteiger partial charge in [-0.15, -0.1) is 0 Å². The van der Waals surface area contributed by atoms with Gasteiger partial charge in [0.2, 0.25) is 0 Å². The zero-order valence-corrected chi connectivity index (χ0v) is 13.0. The zero-order chi connectivity index (χ0) is 12.6. The smallest absolute Gasteiger partial charge is 0.322 e. The molecule has 0 radical (unpaired) electrons. The summed E-state index contributed by atoms with van der Waals surface area (Å²) in [5.41, 5.74) is 0. The van der Waals surface area contributed by atoms with E-state index in [0.29, 0.717) is 12.1 Å². The lowest BCUT2D eigenvalue weighted by Crippen LogP contribution is -2.40. The van der Waals surface area contributed by atoms with Crippen molar-refractivity contribution >= 4 is 9.28 Å². The molecule has 0 aromatic carbocycles. The van der Waals surface area contributed by atoms with Gasteiger partial charge in [0.05, 0.1) is 0 Å². The van der Waals surface area contributed by atoms with Gasteiger partial charge in [0.15, 0.2) is 0 Å². The van der Waals surface area contributed by atoms with Crippen LogP contribution in [0, 0.1) is 0 Å². The molecule has 0 saturated heterocycles. The highest BCUT2D eigenvalue weighted by Gasteiger charge is 2.18. The van der Waals surface area contributed by atoms with E-state index >= 15 is 0 Å². The van der Waals surface area contributed by atoms with E-state index in [4.69, 9.17) is 8.85 Å². The number of nitrogens with zero attached hydrogens (tertiary/aromatic N) is 1. The van der Waals surface area contributed by atoms with Crippen LogP contribution in [0.2, 0.25) is 6.04 Å². The predicted octanol–water partition coefficient (Wildman–Crippen LogP) is 2.40. The maximum absolute atomic E-state index is 5.68. The molecule has 0 aliphatic carbocycles. The van der Waals surface area contributed by atoms with Crippen molar-refractivity contribution in [1.29, 1.82) is 0 Å². The Morgan fingerprint density at radius 1 is 0.938 bits per heavy atom. The largest absolute Gasteiger partial charge is 0.397 e. The van der Waals surface area contributed by atoms with E-state index in [-0.39, 0.29) is 0 Å². The third-order valence-corrected chi connectivity index (χ3v) is 4.79. The fourth-order valence-electron chi connectivity index (χ4n) is 1.95. The van der Waals surface area contributed by atoms with E-state index in [9.17, 15) is 0 Å². The van der Waals surface area contributed by atoms with Crippen molar-refractivity contribution in [2.75, 3.05) is 19.8 Å². The van der Waals surface area contributed by atoms with Crippen LogP contribution in [0.15, 0.2) is 0 Å². The molecule has 0 atom stereocenters. The van der Waals surface area contributed by atoms with Crippen molar-refractivity contribution in [3.63, 3.8) is 0 Å². The molecule has 0 aliphatic rings. The Bertz CT molecular complexity index is 151. The lowest BCUT2D eigenvalue weighted by Gasteiger charge is -2.31. The summed E-state index contributed by atoms with van der Waals surface area (Å²) in [7, 11) is -1.41. The predicted molar refractivity (Wildman–Crippen MR) is 72.2 cm³/mol. The Morgan fingerprint density at radius 3 is 1.69 bits per heavy atom. The van der Waals surface area contributed by atoms with E-state index in [1.165, 1.54) is 0 Å². The Morgan fingerprint density at radius 2 is 1.38 bits per heavy atom. The van der Waals surface area contributed by atoms with Gasteiger partial charge in [0.1, 0.15) is 0 Å². The second kappa shape index (κ2) is 9.16. The summed E-state index contributed by atoms with van der Waals surface area (Å²) >= 11 is 0. The van der Waals surface area contributed by atoms with Gasteiger partial charge in [-0.2, -0.15) is 0 Å². The molecule has 0 aromatic rings. The highest BCUT2D eigenvalue weighted by Crippen LogP contribution is 2.08. The van der Waals surface area contributed by atoms with Crippen molar-refractivity contribution in [1.82, 2.24) is 4.90 Å². The minimum absolute atomic E-state index is 0.595. The van der Waals surface area contributed by atoms with Gasteiger partial charge in [-0.1, -0.05) is 0 Å². The van der Waals surface area contributed by atoms with Crippen molar-refractivity contribution in [3.8, 4) is 0 Å². The first-order valence-electron chi connectivity index (χ1n) is 6.51. The molecular weight excluding hydrogens is 218 g/mol. The maximum Gasteiger partial charge on any atom is 0.322 e. The standard InChI is InChI=1S/C12H29NO2Si/c1-7-14-16(15-8-2)10-9-13(11(3)4)12(5)6/h11-12,16H,7-10H2,1-6H3. The summed E-state index contributed by atoms with van der Waals surface area (Å²) in [6, 6.07) is 2.27. The second-order valence-corrected chi connectivity index (χ2v) is 6.66. The summed E-state index contributed by atoms with van der Waals surface area (Å²) in [6.07, 6.45) is 0. The van der Waals surface area contributed by atoms with Crippen LogP contribution in [-0.2, 0) is 8.85 Å². The molecule has 0 fully saturated rings. The third-order valence-electron chi connectivity index (χ3n) is 2.65. The summed E-state index contributed by atoms with van der Waals surface area (Å²) in [6.45, 7) is 15.7. The molecule has 0 rings (SSSR count). The fourth-order valence-corrected chi connectivity index (χ4v) is 3.64. The van der Waals surface area contributed by atoms with Crippen LogP contribution in [0.3, 0.4) is 0 Å². The Balaban J connectivity index is 4.04. The van der Waals surface area contributed by atoms with Gasteiger partial charge >= 0.3 is 9.28 Å². The zero-order valence-electron chi connectivity index (χ0n) is 11.8. The Kier molecular flexibility index (Phi) is 9.22. The number of hydrogen-bond acceptors (Lipinski definition) is 3. The molecule has 0 saturated carbocycles. The number of hydrogen-bond donors (Lipinski definition) is 0. The van der Waals surface area contributed by atoms with Gasteiger partial charge < -0.3 is 8.85 Å². The molecule has 3 nitrogen and oxygen atoms in total. The second-order valence-electron chi connectivity index (χ2n) is 4.55. The summed E-state index contributed by atoms with van der Waals surface area (Å²) in [5, 5.41) is 0. The first kappa shape index (κ1) is 16.1.